The number of aliphatic imine (C=N–C) groups is 1. The summed E-state index contributed by atoms with van der Waals surface area (Å²) in [7, 11) is -3.00. The van der Waals surface area contributed by atoms with Gasteiger partial charge in [-0.15, -0.1) is 24.0 Å². The summed E-state index contributed by atoms with van der Waals surface area (Å²) in [5.41, 5.74) is 1.12. The minimum absolute atomic E-state index is 0. The summed E-state index contributed by atoms with van der Waals surface area (Å²) in [5.74, 6) is 2.34. The molecular weight excluding hydrogens is 493 g/mol. The van der Waals surface area contributed by atoms with Crippen molar-refractivity contribution in [3.63, 3.8) is 0 Å². The van der Waals surface area contributed by atoms with E-state index in [2.05, 4.69) is 15.6 Å². The van der Waals surface area contributed by atoms with E-state index in [0.29, 0.717) is 32.3 Å². The van der Waals surface area contributed by atoms with Crippen LogP contribution in [-0.4, -0.2) is 58.7 Å². The zero-order valence-corrected chi connectivity index (χ0v) is 20.4. The molecule has 0 radical (unpaired) electrons. The fraction of sp³-hybridized carbons (Fsp3) is 0.632. The quantitative estimate of drug-likeness (QED) is 0.247. The predicted molar refractivity (Wildman–Crippen MR) is 126 cm³/mol. The van der Waals surface area contributed by atoms with Gasteiger partial charge in [-0.3, -0.25) is 4.99 Å². The van der Waals surface area contributed by atoms with Crippen LogP contribution >= 0.6 is 24.0 Å². The van der Waals surface area contributed by atoms with Crippen LogP contribution in [0.2, 0.25) is 0 Å². The molecule has 1 aromatic carbocycles. The molecule has 0 saturated heterocycles. The van der Waals surface area contributed by atoms with Crippen molar-refractivity contribution in [3.05, 3.63) is 23.8 Å². The molecule has 1 aromatic rings. The van der Waals surface area contributed by atoms with E-state index in [1.54, 1.807) is 6.92 Å². The molecule has 0 heterocycles. The summed E-state index contributed by atoms with van der Waals surface area (Å²) < 4.78 is 34.4. The fourth-order valence-electron chi connectivity index (χ4n) is 2.36. The van der Waals surface area contributed by atoms with Crippen LogP contribution in [0.4, 0.5) is 0 Å². The molecular formula is C19H34IN3O4S. The zero-order valence-electron chi connectivity index (χ0n) is 17.3. The molecule has 0 fully saturated rings. The van der Waals surface area contributed by atoms with Crippen molar-refractivity contribution in [2.24, 2.45) is 4.99 Å². The molecule has 0 aliphatic rings. The molecule has 0 amide bonds. The Labute approximate surface area is 186 Å². The van der Waals surface area contributed by atoms with Gasteiger partial charge < -0.3 is 20.1 Å². The molecule has 9 heteroatoms. The molecule has 0 atom stereocenters. The monoisotopic (exact) mass is 527 g/mol. The van der Waals surface area contributed by atoms with Crippen molar-refractivity contribution in [3.8, 4) is 11.5 Å². The topological polar surface area (TPSA) is 89.0 Å². The van der Waals surface area contributed by atoms with Crippen LogP contribution in [0.25, 0.3) is 0 Å². The van der Waals surface area contributed by atoms with Gasteiger partial charge in [0.2, 0.25) is 0 Å². The molecule has 0 bridgehead atoms. The lowest BCUT2D eigenvalue weighted by Gasteiger charge is -2.14. The average Bonchev–Trinajstić information content (AvgIpc) is 2.64. The summed E-state index contributed by atoms with van der Waals surface area (Å²) in [5, 5.41) is 6.37. The Bertz CT molecular complexity index is 696. The molecule has 162 valence electrons. The number of nitrogens with zero attached hydrogens (tertiary/aromatic N) is 1. The van der Waals surface area contributed by atoms with Crippen molar-refractivity contribution in [2.75, 3.05) is 44.4 Å². The molecule has 0 saturated carbocycles. The summed E-state index contributed by atoms with van der Waals surface area (Å²) >= 11 is 0. The smallest absolute Gasteiger partial charge is 0.191 e. The highest BCUT2D eigenvalue weighted by Gasteiger charge is 2.08. The lowest BCUT2D eigenvalue weighted by atomic mass is 10.1. The normalized spacial score (nSPS) is 11.5. The minimum atomic E-state index is -3.00. The van der Waals surface area contributed by atoms with Gasteiger partial charge in [0.25, 0.3) is 0 Å². The largest absolute Gasteiger partial charge is 0.490 e. The average molecular weight is 527 g/mol. The third kappa shape index (κ3) is 10.4. The molecule has 0 unspecified atom stereocenters. The third-order valence-electron chi connectivity index (χ3n) is 3.77. The van der Waals surface area contributed by atoms with Gasteiger partial charge >= 0.3 is 0 Å². The highest BCUT2D eigenvalue weighted by Crippen LogP contribution is 2.28. The maximum absolute atomic E-state index is 11.6. The zero-order chi connectivity index (χ0) is 20.1. The Morgan fingerprint density at radius 2 is 1.71 bits per heavy atom. The van der Waals surface area contributed by atoms with Crippen LogP contribution in [0, 0.1) is 0 Å². The third-order valence-corrected chi connectivity index (χ3v) is 5.45. The van der Waals surface area contributed by atoms with Crippen LogP contribution in [0.1, 0.15) is 33.3 Å². The lowest BCUT2D eigenvalue weighted by Crippen LogP contribution is -2.38. The number of rotatable bonds is 12. The molecule has 1 rings (SSSR count). The minimum Gasteiger partial charge on any atom is -0.490 e. The lowest BCUT2D eigenvalue weighted by molar-refractivity contribution is 0.287. The number of benzene rings is 1. The van der Waals surface area contributed by atoms with E-state index < -0.39 is 9.84 Å². The first-order chi connectivity index (χ1) is 13.0. The molecule has 0 aliphatic carbocycles. The second-order valence-electron chi connectivity index (χ2n) is 5.82. The molecule has 2 N–H and O–H groups in total. The fourth-order valence-corrected chi connectivity index (χ4v) is 3.02. The van der Waals surface area contributed by atoms with Crippen molar-refractivity contribution < 1.29 is 17.9 Å². The van der Waals surface area contributed by atoms with Gasteiger partial charge in [-0.25, -0.2) is 8.42 Å². The molecule has 28 heavy (non-hydrogen) atoms. The van der Waals surface area contributed by atoms with E-state index in [1.807, 2.05) is 39.0 Å². The summed E-state index contributed by atoms with van der Waals surface area (Å²) in [6.07, 6.45) is 0.782. The van der Waals surface area contributed by atoms with Crippen LogP contribution in [0.5, 0.6) is 11.5 Å². The van der Waals surface area contributed by atoms with E-state index in [1.165, 1.54) is 0 Å². The number of guanidine groups is 1. The van der Waals surface area contributed by atoms with E-state index in [-0.39, 0.29) is 42.0 Å². The van der Waals surface area contributed by atoms with Crippen molar-refractivity contribution in [2.45, 2.75) is 34.1 Å². The van der Waals surface area contributed by atoms with E-state index in [0.717, 1.165) is 23.5 Å². The Morgan fingerprint density at radius 1 is 1.04 bits per heavy atom. The van der Waals surface area contributed by atoms with Gasteiger partial charge in [0, 0.05) is 18.8 Å². The maximum atomic E-state index is 11.6. The first-order valence-corrected chi connectivity index (χ1v) is 11.4. The Kier molecular flexibility index (Phi) is 14.1. The highest BCUT2D eigenvalue weighted by molar-refractivity contribution is 14.0. The predicted octanol–water partition coefficient (Wildman–Crippen LogP) is 2.63. The van der Waals surface area contributed by atoms with Gasteiger partial charge in [-0.2, -0.15) is 0 Å². The number of sulfone groups is 1. The molecule has 0 aliphatic heterocycles. The van der Waals surface area contributed by atoms with Crippen molar-refractivity contribution in [1.82, 2.24) is 10.6 Å². The summed E-state index contributed by atoms with van der Waals surface area (Å²) in [6, 6.07) is 5.94. The Balaban J connectivity index is 0.00000729. The van der Waals surface area contributed by atoms with Gasteiger partial charge in [-0.05, 0) is 44.9 Å². The summed E-state index contributed by atoms with van der Waals surface area (Å²) in [6.45, 7) is 10.3. The number of hydrogen-bond donors (Lipinski definition) is 2. The van der Waals surface area contributed by atoms with Gasteiger partial charge in [0.1, 0.15) is 0 Å². The molecule has 0 aromatic heterocycles. The van der Waals surface area contributed by atoms with Crippen LogP contribution in [0.3, 0.4) is 0 Å². The van der Waals surface area contributed by atoms with Crippen LogP contribution < -0.4 is 20.1 Å². The first-order valence-electron chi connectivity index (χ1n) is 9.56. The van der Waals surface area contributed by atoms with Gasteiger partial charge in [0.05, 0.1) is 25.5 Å². The van der Waals surface area contributed by atoms with Crippen molar-refractivity contribution >= 4 is 39.8 Å². The van der Waals surface area contributed by atoms with Crippen LogP contribution in [-0.2, 0) is 16.3 Å². The number of ether oxygens (including phenoxy) is 2. The van der Waals surface area contributed by atoms with E-state index in [4.69, 9.17) is 9.47 Å². The second-order valence-corrected chi connectivity index (χ2v) is 8.29. The highest BCUT2D eigenvalue weighted by atomic mass is 127. The van der Waals surface area contributed by atoms with Gasteiger partial charge in [-0.1, -0.05) is 13.0 Å². The first kappa shape index (κ1) is 26.8. The summed E-state index contributed by atoms with van der Waals surface area (Å²) in [4.78, 5) is 4.33. The maximum Gasteiger partial charge on any atom is 0.191 e. The standard InChI is InChI=1S/C19H33N3O4S.HI/c1-5-20-19(22-13-14-27(23,24)8-4)21-12-11-16-9-10-17(25-6-2)18(15-16)26-7-3;/h9-10,15H,5-8,11-14H2,1-4H3,(H2,20,21,22);1H. The second kappa shape index (κ2) is 14.7. The van der Waals surface area contributed by atoms with Gasteiger partial charge in [0.15, 0.2) is 27.3 Å². The SMILES string of the molecule is CCNC(=NCCS(=O)(=O)CC)NCCc1ccc(OCC)c(OCC)c1.I. The van der Waals surface area contributed by atoms with Crippen LogP contribution in [0.15, 0.2) is 23.2 Å². The molecule has 0 spiro atoms. The number of nitrogens with one attached hydrogen (secondary N) is 2. The van der Waals surface area contributed by atoms with E-state index in [9.17, 15) is 8.42 Å². The van der Waals surface area contributed by atoms with Crippen molar-refractivity contribution in [1.29, 1.82) is 0 Å². The molecule has 7 nitrogen and oxygen atoms in total. The number of hydrogen-bond acceptors (Lipinski definition) is 5. The Morgan fingerprint density at radius 3 is 2.32 bits per heavy atom. The number of halogens is 1. The Hall–Kier alpha value is -1.23. The van der Waals surface area contributed by atoms with E-state index >= 15 is 0 Å².